The molecule has 0 radical (unpaired) electrons. The van der Waals surface area contributed by atoms with Crippen molar-refractivity contribution < 1.29 is 4.79 Å². The minimum absolute atomic E-state index is 0.0486. The van der Waals surface area contributed by atoms with Gasteiger partial charge < -0.3 is 9.88 Å². The number of nitrogens with one attached hydrogen (secondary N) is 1. The number of aromatic nitrogens is 2. The lowest BCUT2D eigenvalue weighted by Crippen LogP contribution is -2.27. The molecular weight excluding hydrogens is 417 g/mol. The molecule has 0 saturated carbocycles. The van der Waals surface area contributed by atoms with Crippen molar-refractivity contribution in [2.45, 2.75) is 38.6 Å². The third kappa shape index (κ3) is 3.69. The van der Waals surface area contributed by atoms with Gasteiger partial charge in [0.2, 0.25) is 5.91 Å². The molecule has 0 saturated heterocycles. The van der Waals surface area contributed by atoms with Gasteiger partial charge in [0.1, 0.15) is 10.7 Å². The third-order valence-corrected chi connectivity index (χ3v) is 7.11. The number of nitrogens with zero attached hydrogens (tertiary/aromatic N) is 2. The lowest BCUT2D eigenvalue weighted by Gasteiger charge is -2.18. The fourth-order valence-corrected chi connectivity index (χ4v) is 5.26. The molecule has 2 aromatic heterocycles. The lowest BCUT2D eigenvalue weighted by molar-refractivity contribution is -0.130. The number of aromatic amines is 1. The van der Waals surface area contributed by atoms with Crippen molar-refractivity contribution in [3.8, 4) is 0 Å². The summed E-state index contributed by atoms with van der Waals surface area (Å²) < 4.78 is 0. The van der Waals surface area contributed by atoms with Crippen LogP contribution in [0, 0.1) is 0 Å². The molecule has 4 rings (SSSR count). The Balaban J connectivity index is 1.44. The fourth-order valence-electron chi connectivity index (χ4n) is 3.60. The zero-order chi connectivity index (χ0) is 19.8. The Morgan fingerprint density at radius 3 is 2.96 bits per heavy atom. The molecule has 0 atom stereocenters. The van der Waals surface area contributed by atoms with Crippen LogP contribution in [0.2, 0.25) is 10.0 Å². The minimum atomic E-state index is -0.0917. The van der Waals surface area contributed by atoms with E-state index in [1.165, 1.54) is 4.88 Å². The first-order chi connectivity index (χ1) is 13.4. The molecule has 1 amide bonds. The summed E-state index contributed by atoms with van der Waals surface area (Å²) in [6, 6.07) is 5.37. The summed E-state index contributed by atoms with van der Waals surface area (Å²) >= 11 is 13.8. The number of hydrogen-bond acceptors (Lipinski definition) is 4. The van der Waals surface area contributed by atoms with Crippen molar-refractivity contribution in [1.82, 2.24) is 14.9 Å². The smallest absolute Gasteiger partial charge is 0.259 e. The summed E-state index contributed by atoms with van der Waals surface area (Å²) in [5.41, 5.74) is 1.87. The maximum absolute atomic E-state index is 12.5. The van der Waals surface area contributed by atoms with E-state index in [-0.39, 0.29) is 17.9 Å². The molecule has 1 aliphatic rings. The highest BCUT2D eigenvalue weighted by molar-refractivity contribution is 7.18. The maximum Gasteiger partial charge on any atom is 0.259 e. The number of thiophene rings is 1. The van der Waals surface area contributed by atoms with Crippen LogP contribution in [-0.4, -0.2) is 27.8 Å². The molecule has 1 aliphatic carbocycles. The number of H-pyrrole nitrogens is 1. The fraction of sp³-hybridized carbons (Fsp3) is 0.350. The van der Waals surface area contributed by atoms with Gasteiger partial charge in [-0.15, -0.1) is 11.3 Å². The van der Waals surface area contributed by atoms with Gasteiger partial charge in [-0.05, 0) is 36.5 Å². The molecule has 0 spiro atoms. The molecule has 0 fully saturated rings. The predicted molar refractivity (Wildman–Crippen MR) is 114 cm³/mol. The first kappa shape index (κ1) is 19.4. The van der Waals surface area contributed by atoms with E-state index in [1.807, 2.05) is 12.1 Å². The van der Waals surface area contributed by atoms with E-state index >= 15 is 0 Å². The number of benzene rings is 1. The second-order valence-electron chi connectivity index (χ2n) is 7.01. The number of carbonyl (C=O) groups excluding carboxylic acids is 1. The molecule has 5 nitrogen and oxygen atoms in total. The van der Waals surface area contributed by atoms with Gasteiger partial charge in [0.25, 0.3) is 5.56 Å². The first-order valence-electron chi connectivity index (χ1n) is 9.14. The maximum atomic E-state index is 12.5. The van der Waals surface area contributed by atoms with E-state index in [2.05, 4.69) is 9.97 Å². The van der Waals surface area contributed by atoms with E-state index in [1.54, 1.807) is 29.4 Å². The summed E-state index contributed by atoms with van der Waals surface area (Å²) in [7, 11) is 1.72. The average molecular weight is 436 g/mol. The second kappa shape index (κ2) is 7.85. The molecule has 146 valence electrons. The Kier molecular flexibility index (Phi) is 5.45. The number of rotatable bonds is 5. The second-order valence-corrected chi connectivity index (χ2v) is 8.88. The molecule has 28 heavy (non-hydrogen) atoms. The number of carbonyl (C=O) groups is 1. The molecule has 0 bridgehead atoms. The summed E-state index contributed by atoms with van der Waals surface area (Å²) in [6.07, 6.45) is 3.74. The Labute approximate surface area is 176 Å². The van der Waals surface area contributed by atoms with Gasteiger partial charge in [0.15, 0.2) is 0 Å². The van der Waals surface area contributed by atoms with Crippen LogP contribution in [0.25, 0.3) is 10.2 Å². The van der Waals surface area contributed by atoms with E-state index in [9.17, 15) is 9.59 Å². The Bertz CT molecular complexity index is 1120. The average Bonchev–Trinajstić information content (AvgIpc) is 3.24. The van der Waals surface area contributed by atoms with Gasteiger partial charge in [-0.1, -0.05) is 35.3 Å². The van der Waals surface area contributed by atoms with Crippen molar-refractivity contribution in [3.05, 3.63) is 60.4 Å². The third-order valence-electron chi connectivity index (χ3n) is 5.06. The summed E-state index contributed by atoms with van der Waals surface area (Å²) in [5.74, 6) is 0.507. The zero-order valence-corrected chi connectivity index (χ0v) is 17.7. The Hall–Kier alpha value is -1.89. The van der Waals surface area contributed by atoms with Crippen LogP contribution in [0.3, 0.4) is 0 Å². The van der Waals surface area contributed by atoms with E-state index in [0.717, 1.165) is 40.6 Å². The molecule has 0 unspecified atom stereocenters. The standard InChI is InChI=1S/C20H19Cl2N3O2S/c1-25(10-11-4-2-6-13(21)18(11)22)16(26)9-8-15-23-19(27)17-12-5-3-7-14(12)28-20(17)24-15/h2,4,6H,3,5,7-10H2,1H3,(H,23,24,27). The van der Waals surface area contributed by atoms with Gasteiger partial charge >= 0.3 is 0 Å². The predicted octanol–water partition coefficient (Wildman–Crippen LogP) is 4.37. The highest BCUT2D eigenvalue weighted by Crippen LogP contribution is 2.34. The highest BCUT2D eigenvalue weighted by atomic mass is 35.5. The lowest BCUT2D eigenvalue weighted by atomic mass is 10.2. The number of halogens is 2. The van der Waals surface area contributed by atoms with Gasteiger partial charge in [-0.25, -0.2) is 4.98 Å². The topological polar surface area (TPSA) is 66.1 Å². The molecule has 3 aromatic rings. The van der Waals surface area contributed by atoms with Gasteiger partial charge in [-0.3, -0.25) is 9.59 Å². The number of amides is 1. The number of fused-ring (bicyclic) bond motifs is 3. The Morgan fingerprint density at radius 2 is 2.14 bits per heavy atom. The van der Waals surface area contributed by atoms with Crippen molar-refractivity contribution >= 4 is 50.7 Å². The zero-order valence-electron chi connectivity index (χ0n) is 15.3. The Morgan fingerprint density at radius 1 is 1.32 bits per heavy atom. The monoisotopic (exact) mass is 435 g/mol. The first-order valence-corrected chi connectivity index (χ1v) is 10.7. The van der Waals surface area contributed by atoms with Gasteiger partial charge in [0, 0.05) is 31.3 Å². The van der Waals surface area contributed by atoms with Crippen LogP contribution in [0.1, 0.15) is 34.7 Å². The van der Waals surface area contributed by atoms with E-state index in [4.69, 9.17) is 23.2 Å². The van der Waals surface area contributed by atoms with Crippen LogP contribution in [-0.2, 0) is 30.6 Å². The number of aryl methyl sites for hydroxylation is 3. The number of hydrogen-bond donors (Lipinski definition) is 1. The van der Waals surface area contributed by atoms with Crippen molar-refractivity contribution in [1.29, 1.82) is 0 Å². The highest BCUT2D eigenvalue weighted by Gasteiger charge is 2.21. The van der Waals surface area contributed by atoms with Crippen LogP contribution in [0.5, 0.6) is 0 Å². The van der Waals surface area contributed by atoms with Crippen molar-refractivity contribution in [2.75, 3.05) is 7.05 Å². The molecule has 0 aliphatic heterocycles. The van der Waals surface area contributed by atoms with Crippen LogP contribution in [0.4, 0.5) is 0 Å². The van der Waals surface area contributed by atoms with Crippen LogP contribution in [0.15, 0.2) is 23.0 Å². The quantitative estimate of drug-likeness (QED) is 0.646. The molecule has 8 heteroatoms. The summed E-state index contributed by atoms with van der Waals surface area (Å²) in [5, 5.41) is 1.67. The molecular formula is C20H19Cl2N3O2S. The summed E-state index contributed by atoms with van der Waals surface area (Å²) in [6.45, 7) is 0.374. The molecule has 2 heterocycles. The molecule has 1 aromatic carbocycles. The van der Waals surface area contributed by atoms with E-state index < -0.39 is 0 Å². The van der Waals surface area contributed by atoms with Crippen LogP contribution < -0.4 is 5.56 Å². The normalized spacial score (nSPS) is 13.1. The molecule has 1 N–H and O–H groups in total. The van der Waals surface area contributed by atoms with E-state index in [0.29, 0.717) is 28.8 Å². The van der Waals surface area contributed by atoms with Gasteiger partial charge in [0.05, 0.1) is 15.4 Å². The summed E-state index contributed by atoms with van der Waals surface area (Å²) in [4.78, 5) is 36.1. The van der Waals surface area contributed by atoms with Crippen LogP contribution >= 0.6 is 34.5 Å². The van der Waals surface area contributed by atoms with Crippen molar-refractivity contribution in [2.24, 2.45) is 0 Å². The van der Waals surface area contributed by atoms with Gasteiger partial charge in [-0.2, -0.15) is 0 Å². The SMILES string of the molecule is CN(Cc1cccc(Cl)c1Cl)C(=O)CCc1nc2sc3c(c2c(=O)[nH]1)CCC3. The largest absolute Gasteiger partial charge is 0.341 e. The minimum Gasteiger partial charge on any atom is -0.341 e. The van der Waals surface area contributed by atoms with Crippen molar-refractivity contribution in [3.63, 3.8) is 0 Å².